The molecule has 0 fully saturated rings. The van der Waals surface area contributed by atoms with E-state index in [1.165, 1.54) is 0 Å². The quantitative estimate of drug-likeness (QED) is 0.522. The second-order valence-electron chi connectivity index (χ2n) is 5.92. The molecule has 0 aliphatic heterocycles. The number of H-pyrrole nitrogens is 1. The molecule has 0 amide bonds. The van der Waals surface area contributed by atoms with Crippen LogP contribution < -0.4 is 10.3 Å². The number of nitrogens with zero attached hydrogens (tertiary/aromatic N) is 1. The van der Waals surface area contributed by atoms with Gasteiger partial charge in [0.2, 0.25) is 0 Å². The summed E-state index contributed by atoms with van der Waals surface area (Å²) in [7, 11) is 0. The third-order valence-corrected chi connectivity index (χ3v) is 3.83. The number of esters is 1. The van der Waals surface area contributed by atoms with Gasteiger partial charge in [-0.3, -0.25) is 9.59 Å². The van der Waals surface area contributed by atoms with Crippen LogP contribution in [0.1, 0.15) is 17.8 Å². The number of aromatic nitrogens is 2. The number of aryl methyl sites for hydroxylation is 2. The molecule has 2 aromatic carbocycles. The second-order valence-corrected chi connectivity index (χ2v) is 5.92. The highest BCUT2D eigenvalue weighted by Crippen LogP contribution is 2.12. The van der Waals surface area contributed by atoms with Crippen molar-refractivity contribution in [3.63, 3.8) is 0 Å². The highest BCUT2D eigenvalue weighted by Gasteiger charge is 2.08. The molecule has 1 heterocycles. The van der Waals surface area contributed by atoms with E-state index >= 15 is 0 Å². The summed E-state index contributed by atoms with van der Waals surface area (Å²) in [5.74, 6) is 0.870. The van der Waals surface area contributed by atoms with Gasteiger partial charge in [-0.2, -0.15) is 0 Å². The molecule has 0 radical (unpaired) electrons. The number of hydrogen-bond acceptors (Lipinski definition) is 5. The van der Waals surface area contributed by atoms with Gasteiger partial charge in [0.1, 0.15) is 24.8 Å². The van der Waals surface area contributed by atoms with Crippen molar-refractivity contribution in [2.45, 2.75) is 19.8 Å². The maximum atomic E-state index is 12.0. The molecule has 0 bridgehead atoms. The van der Waals surface area contributed by atoms with Gasteiger partial charge in [0, 0.05) is 6.42 Å². The van der Waals surface area contributed by atoms with Crippen molar-refractivity contribution >= 4 is 16.9 Å². The molecule has 3 rings (SSSR count). The van der Waals surface area contributed by atoms with Crippen LogP contribution in [0.25, 0.3) is 10.9 Å². The van der Waals surface area contributed by atoms with Crippen LogP contribution in [0.5, 0.6) is 5.75 Å². The Hall–Kier alpha value is -3.15. The fourth-order valence-corrected chi connectivity index (χ4v) is 2.57. The van der Waals surface area contributed by atoms with E-state index in [9.17, 15) is 9.59 Å². The summed E-state index contributed by atoms with van der Waals surface area (Å²) in [5.41, 5.74) is 1.52. The van der Waals surface area contributed by atoms with E-state index in [4.69, 9.17) is 9.47 Å². The largest absolute Gasteiger partial charge is 0.490 e. The van der Waals surface area contributed by atoms with E-state index < -0.39 is 0 Å². The van der Waals surface area contributed by atoms with Gasteiger partial charge in [-0.25, -0.2) is 4.98 Å². The molecule has 1 aromatic heterocycles. The Kier molecular flexibility index (Phi) is 5.63. The molecule has 6 nitrogen and oxygen atoms in total. The number of rotatable bonds is 7. The van der Waals surface area contributed by atoms with E-state index in [-0.39, 0.29) is 24.6 Å². The van der Waals surface area contributed by atoms with Crippen LogP contribution in [0.3, 0.4) is 0 Å². The zero-order valence-electron chi connectivity index (χ0n) is 14.5. The molecule has 0 unspecified atom stereocenters. The van der Waals surface area contributed by atoms with Gasteiger partial charge in [-0.1, -0.05) is 24.3 Å². The Balaban J connectivity index is 1.45. The van der Waals surface area contributed by atoms with Gasteiger partial charge in [-0.05, 0) is 36.8 Å². The lowest BCUT2D eigenvalue weighted by atomic mass is 10.2. The van der Waals surface area contributed by atoms with E-state index in [2.05, 4.69) is 9.97 Å². The molecule has 0 atom stereocenters. The summed E-state index contributed by atoms with van der Waals surface area (Å²) in [6.07, 6.45) is 0.462. The number of hydrogen-bond donors (Lipinski definition) is 1. The molecule has 26 heavy (non-hydrogen) atoms. The molecule has 1 N–H and O–H groups in total. The van der Waals surface area contributed by atoms with E-state index in [1.54, 1.807) is 18.2 Å². The molecule has 3 aromatic rings. The average Bonchev–Trinajstić information content (AvgIpc) is 2.64. The summed E-state index contributed by atoms with van der Waals surface area (Å²) in [6, 6.07) is 14.8. The van der Waals surface area contributed by atoms with E-state index in [0.29, 0.717) is 29.8 Å². The number of carbonyl (C=O) groups excluding carboxylic acids is 1. The fraction of sp³-hybridized carbons (Fsp3) is 0.250. The van der Waals surface area contributed by atoms with Crippen molar-refractivity contribution in [1.82, 2.24) is 9.97 Å². The minimum atomic E-state index is -0.353. The lowest BCUT2D eigenvalue weighted by molar-refractivity contribution is -0.144. The Morgan fingerprint density at radius 3 is 2.81 bits per heavy atom. The van der Waals surface area contributed by atoms with Crippen LogP contribution in [0.2, 0.25) is 0 Å². The minimum absolute atomic E-state index is 0.145. The smallest absolute Gasteiger partial charge is 0.306 e. The molecular weight excluding hydrogens is 332 g/mol. The van der Waals surface area contributed by atoms with E-state index in [0.717, 1.165) is 11.3 Å². The second kappa shape index (κ2) is 8.29. The number of para-hydroxylation sites is 1. The number of aromatic amines is 1. The predicted molar refractivity (Wildman–Crippen MR) is 98.3 cm³/mol. The number of benzene rings is 2. The summed E-state index contributed by atoms with van der Waals surface area (Å²) < 4.78 is 10.7. The number of ether oxygens (including phenoxy) is 2. The predicted octanol–water partition coefficient (Wildman–Crippen LogP) is 2.79. The van der Waals surface area contributed by atoms with Gasteiger partial charge in [0.05, 0.1) is 17.3 Å². The van der Waals surface area contributed by atoms with E-state index in [1.807, 2.05) is 37.3 Å². The number of carbonyl (C=O) groups is 1. The zero-order valence-corrected chi connectivity index (χ0v) is 14.5. The van der Waals surface area contributed by atoms with Crippen LogP contribution in [0.4, 0.5) is 0 Å². The van der Waals surface area contributed by atoms with Crippen molar-refractivity contribution in [3.8, 4) is 5.75 Å². The molecule has 0 aliphatic carbocycles. The van der Waals surface area contributed by atoms with Crippen molar-refractivity contribution in [2.75, 3.05) is 13.2 Å². The topological polar surface area (TPSA) is 81.3 Å². The number of fused-ring (bicyclic) bond motifs is 1. The van der Waals surface area contributed by atoms with Gasteiger partial charge in [-0.15, -0.1) is 0 Å². The molecule has 134 valence electrons. The third-order valence-electron chi connectivity index (χ3n) is 3.83. The lowest BCUT2D eigenvalue weighted by Gasteiger charge is -2.08. The van der Waals surface area contributed by atoms with Crippen LogP contribution in [0.15, 0.2) is 53.3 Å². The lowest BCUT2D eigenvalue weighted by Crippen LogP contribution is -2.15. The Labute approximate surface area is 150 Å². The van der Waals surface area contributed by atoms with Crippen molar-refractivity contribution < 1.29 is 14.3 Å². The summed E-state index contributed by atoms with van der Waals surface area (Å²) in [4.78, 5) is 30.9. The summed E-state index contributed by atoms with van der Waals surface area (Å²) in [5, 5.41) is 0.534. The fourth-order valence-electron chi connectivity index (χ4n) is 2.57. The van der Waals surface area contributed by atoms with Gasteiger partial charge in [0.25, 0.3) is 5.56 Å². The average molecular weight is 352 g/mol. The number of nitrogens with one attached hydrogen (secondary N) is 1. The maximum absolute atomic E-state index is 12.0. The van der Waals surface area contributed by atoms with Gasteiger partial charge >= 0.3 is 5.97 Å². The van der Waals surface area contributed by atoms with Crippen molar-refractivity contribution in [3.05, 3.63) is 70.3 Å². The first-order valence-corrected chi connectivity index (χ1v) is 8.45. The van der Waals surface area contributed by atoms with Gasteiger partial charge < -0.3 is 14.5 Å². The SMILES string of the molecule is Cc1cccc(OCCOC(=O)CCc2nc3ccccc3c(=O)[nH]2)c1. The van der Waals surface area contributed by atoms with Gasteiger partial charge in [0.15, 0.2) is 0 Å². The van der Waals surface area contributed by atoms with Crippen molar-refractivity contribution in [2.24, 2.45) is 0 Å². The molecule has 0 saturated carbocycles. The normalized spacial score (nSPS) is 10.7. The molecular formula is C20H20N2O4. The standard InChI is InChI=1S/C20H20N2O4/c1-14-5-4-6-15(13-14)25-11-12-26-19(23)10-9-18-21-17-8-3-2-7-16(17)20(24)22-18/h2-8,13H,9-12H2,1H3,(H,21,22,24). The Bertz CT molecular complexity index is 965. The molecule has 0 aliphatic rings. The summed E-state index contributed by atoms with van der Waals surface area (Å²) in [6.45, 7) is 2.45. The minimum Gasteiger partial charge on any atom is -0.490 e. The monoisotopic (exact) mass is 352 g/mol. The molecule has 6 heteroatoms. The molecule has 0 spiro atoms. The highest BCUT2D eigenvalue weighted by atomic mass is 16.6. The van der Waals surface area contributed by atoms with Crippen LogP contribution in [-0.4, -0.2) is 29.2 Å². The van der Waals surface area contributed by atoms with Crippen molar-refractivity contribution in [1.29, 1.82) is 0 Å². The Morgan fingerprint density at radius 2 is 1.96 bits per heavy atom. The zero-order chi connectivity index (χ0) is 18.4. The van der Waals surface area contributed by atoms with Crippen LogP contribution in [-0.2, 0) is 16.0 Å². The third kappa shape index (κ3) is 4.69. The summed E-state index contributed by atoms with van der Waals surface area (Å²) >= 11 is 0. The first-order valence-electron chi connectivity index (χ1n) is 8.45. The maximum Gasteiger partial charge on any atom is 0.306 e. The molecule has 0 saturated heterocycles. The van der Waals surface area contributed by atoms with Crippen LogP contribution in [0, 0.1) is 6.92 Å². The van der Waals surface area contributed by atoms with Crippen LogP contribution >= 0.6 is 0 Å². The highest BCUT2D eigenvalue weighted by molar-refractivity contribution is 5.77. The first-order chi connectivity index (χ1) is 12.6. The first kappa shape index (κ1) is 17.7. The Morgan fingerprint density at radius 1 is 1.12 bits per heavy atom.